The first kappa shape index (κ1) is 22.6. The Morgan fingerprint density at radius 1 is 1.03 bits per heavy atom. The predicted octanol–water partition coefficient (Wildman–Crippen LogP) is 1.71. The van der Waals surface area contributed by atoms with Crippen molar-refractivity contribution in [1.29, 1.82) is 0 Å². The van der Waals surface area contributed by atoms with E-state index in [2.05, 4.69) is 10.6 Å². The number of aryl methyl sites for hydroxylation is 3. The first-order chi connectivity index (χ1) is 14.3. The summed E-state index contributed by atoms with van der Waals surface area (Å²) >= 11 is 1.87. The number of nitrogens with zero attached hydrogens (tertiary/aromatic N) is 2. The lowest BCUT2D eigenvalue weighted by Gasteiger charge is -2.32. The number of carbonyl (C=O) groups is 3. The van der Waals surface area contributed by atoms with Crippen LogP contribution < -0.4 is 10.6 Å². The topological polar surface area (TPSA) is 81.8 Å². The summed E-state index contributed by atoms with van der Waals surface area (Å²) < 4.78 is 0. The molecule has 0 aliphatic carbocycles. The molecule has 1 aromatic carbocycles. The average Bonchev–Trinajstić information content (AvgIpc) is 3.17. The van der Waals surface area contributed by atoms with Gasteiger partial charge in [0.15, 0.2) is 0 Å². The minimum absolute atomic E-state index is 0.0820. The van der Waals surface area contributed by atoms with Crippen LogP contribution in [0.25, 0.3) is 0 Å². The van der Waals surface area contributed by atoms with E-state index in [0.717, 1.165) is 66.4 Å². The third-order valence-corrected chi connectivity index (χ3v) is 6.65. The van der Waals surface area contributed by atoms with Gasteiger partial charge >= 0.3 is 0 Å². The van der Waals surface area contributed by atoms with Crippen LogP contribution in [0.5, 0.6) is 0 Å². The van der Waals surface area contributed by atoms with Gasteiger partial charge in [-0.1, -0.05) is 17.7 Å². The van der Waals surface area contributed by atoms with Crippen LogP contribution in [0, 0.1) is 20.8 Å². The third-order valence-electron chi connectivity index (χ3n) is 5.71. The second-order valence-corrected chi connectivity index (χ2v) is 9.39. The second kappa shape index (κ2) is 10.3. The fraction of sp³-hybridized carbons (Fsp3) is 0.591. The number of thioether (sulfide) groups is 1. The summed E-state index contributed by atoms with van der Waals surface area (Å²) in [5.41, 5.74) is 3.95. The SMILES string of the molecule is Cc1cc(C)c(NC(=O)CNC(=O)CN2CCCC2C(=O)N2CCSCC2)c(C)c1. The van der Waals surface area contributed by atoms with Crippen LogP contribution >= 0.6 is 11.8 Å². The van der Waals surface area contributed by atoms with Gasteiger partial charge in [-0.3, -0.25) is 19.3 Å². The minimum atomic E-state index is -0.252. The molecule has 0 bridgehead atoms. The zero-order chi connectivity index (χ0) is 21.7. The Bertz CT molecular complexity index is 785. The third kappa shape index (κ3) is 5.76. The molecule has 0 aromatic heterocycles. The maximum atomic E-state index is 12.8. The number of carbonyl (C=O) groups excluding carboxylic acids is 3. The van der Waals surface area contributed by atoms with Crippen molar-refractivity contribution in [2.75, 3.05) is 49.5 Å². The maximum Gasteiger partial charge on any atom is 0.243 e. The van der Waals surface area contributed by atoms with Crippen molar-refractivity contribution in [3.05, 3.63) is 28.8 Å². The van der Waals surface area contributed by atoms with Gasteiger partial charge < -0.3 is 15.5 Å². The van der Waals surface area contributed by atoms with Crippen molar-refractivity contribution in [2.24, 2.45) is 0 Å². The van der Waals surface area contributed by atoms with Crippen molar-refractivity contribution in [3.63, 3.8) is 0 Å². The highest BCUT2D eigenvalue weighted by molar-refractivity contribution is 7.99. The van der Waals surface area contributed by atoms with Gasteiger partial charge in [0.1, 0.15) is 0 Å². The summed E-state index contributed by atoms with van der Waals surface area (Å²) in [4.78, 5) is 41.4. The molecule has 0 spiro atoms. The molecule has 2 heterocycles. The molecule has 1 unspecified atom stereocenters. The van der Waals surface area contributed by atoms with E-state index >= 15 is 0 Å². The van der Waals surface area contributed by atoms with Crippen LogP contribution in [0.4, 0.5) is 5.69 Å². The van der Waals surface area contributed by atoms with E-state index in [1.54, 1.807) is 0 Å². The molecule has 3 amide bonds. The van der Waals surface area contributed by atoms with Gasteiger partial charge in [-0.25, -0.2) is 0 Å². The van der Waals surface area contributed by atoms with Gasteiger partial charge in [0.25, 0.3) is 0 Å². The first-order valence-electron chi connectivity index (χ1n) is 10.6. The largest absolute Gasteiger partial charge is 0.346 e. The van der Waals surface area contributed by atoms with Crippen LogP contribution in [0.2, 0.25) is 0 Å². The standard InChI is InChI=1S/C22H32N4O3S/c1-15-11-16(2)21(17(3)12-15)24-19(27)13-23-20(28)14-26-6-4-5-18(26)22(29)25-7-9-30-10-8-25/h11-12,18H,4-10,13-14H2,1-3H3,(H,23,28)(H,24,27). The second-order valence-electron chi connectivity index (χ2n) is 8.16. The summed E-state index contributed by atoms with van der Waals surface area (Å²) in [6.45, 7) is 8.32. The highest BCUT2D eigenvalue weighted by atomic mass is 32.2. The van der Waals surface area contributed by atoms with Gasteiger partial charge in [-0.15, -0.1) is 0 Å². The molecule has 2 fully saturated rings. The van der Waals surface area contributed by atoms with Crippen LogP contribution in [0.1, 0.15) is 29.5 Å². The number of amides is 3. The molecule has 1 aromatic rings. The lowest BCUT2D eigenvalue weighted by molar-refractivity contribution is -0.136. The van der Waals surface area contributed by atoms with Gasteiger partial charge in [0.2, 0.25) is 17.7 Å². The molecule has 30 heavy (non-hydrogen) atoms. The Labute approximate surface area is 182 Å². The van der Waals surface area contributed by atoms with E-state index in [-0.39, 0.29) is 36.9 Å². The van der Waals surface area contributed by atoms with Crippen LogP contribution in [0.3, 0.4) is 0 Å². The molecule has 1 atom stereocenters. The molecule has 2 saturated heterocycles. The quantitative estimate of drug-likeness (QED) is 0.715. The zero-order valence-corrected chi connectivity index (χ0v) is 18.9. The summed E-state index contributed by atoms with van der Waals surface area (Å²) in [7, 11) is 0. The van der Waals surface area contributed by atoms with Crippen molar-refractivity contribution in [1.82, 2.24) is 15.1 Å². The summed E-state index contributed by atoms with van der Waals surface area (Å²) in [6.07, 6.45) is 1.71. The van der Waals surface area contributed by atoms with Crippen molar-refractivity contribution < 1.29 is 14.4 Å². The summed E-state index contributed by atoms with van der Waals surface area (Å²) in [6, 6.07) is 3.82. The predicted molar refractivity (Wildman–Crippen MR) is 121 cm³/mol. The van der Waals surface area contributed by atoms with Crippen molar-refractivity contribution in [2.45, 2.75) is 39.7 Å². The Balaban J connectivity index is 1.48. The van der Waals surface area contributed by atoms with Crippen LogP contribution in [-0.4, -0.2) is 77.8 Å². The highest BCUT2D eigenvalue weighted by Gasteiger charge is 2.35. The Hall–Kier alpha value is -2.06. The van der Waals surface area contributed by atoms with Gasteiger partial charge in [-0.05, 0) is 51.3 Å². The first-order valence-corrected chi connectivity index (χ1v) is 11.8. The number of likely N-dealkylation sites (tertiary alicyclic amines) is 1. The van der Waals surface area contributed by atoms with E-state index in [1.165, 1.54) is 0 Å². The number of rotatable bonds is 6. The van der Waals surface area contributed by atoms with Crippen LogP contribution in [-0.2, 0) is 14.4 Å². The average molecular weight is 433 g/mol. The number of benzene rings is 1. The number of anilines is 1. The van der Waals surface area contributed by atoms with E-state index < -0.39 is 0 Å². The lowest BCUT2D eigenvalue weighted by Crippen LogP contribution is -2.50. The van der Waals surface area contributed by atoms with Crippen molar-refractivity contribution in [3.8, 4) is 0 Å². The normalized spacial score (nSPS) is 19.6. The molecular weight excluding hydrogens is 400 g/mol. The number of nitrogens with one attached hydrogen (secondary N) is 2. The fourth-order valence-corrected chi connectivity index (χ4v) is 5.17. The van der Waals surface area contributed by atoms with E-state index in [4.69, 9.17) is 0 Å². The van der Waals surface area contributed by atoms with Gasteiger partial charge in [-0.2, -0.15) is 11.8 Å². The minimum Gasteiger partial charge on any atom is -0.346 e. The van der Waals surface area contributed by atoms with Gasteiger partial charge in [0, 0.05) is 30.3 Å². The van der Waals surface area contributed by atoms with E-state index in [0.29, 0.717) is 0 Å². The molecule has 8 heteroatoms. The molecule has 0 saturated carbocycles. The molecule has 164 valence electrons. The molecule has 3 rings (SSSR count). The lowest BCUT2D eigenvalue weighted by atomic mass is 10.1. The Morgan fingerprint density at radius 2 is 1.70 bits per heavy atom. The number of hydrogen-bond donors (Lipinski definition) is 2. The molecule has 2 aliphatic heterocycles. The molecule has 7 nitrogen and oxygen atoms in total. The summed E-state index contributed by atoms with van der Waals surface area (Å²) in [5.74, 6) is 1.63. The molecule has 2 N–H and O–H groups in total. The Kier molecular flexibility index (Phi) is 7.77. The van der Waals surface area contributed by atoms with E-state index in [9.17, 15) is 14.4 Å². The van der Waals surface area contributed by atoms with Gasteiger partial charge in [0.05, 0.1) is 19.1 Å². The zero-order valence-electron chi connectivity index (χ0n) is 18.1. The molecule has 0 radical (unpaired) electrons. The highest BCUT2D eigenvalue weighted by Crippen LogP contribution is 2.22. The fourth-order valence-electron chi connectivity index (χ4n) is 4.27. The van der Waals surface area contributed by atoms with Crippen LogP contribution in [0.15, 0.2) is 12.1 Å². The summed E-state index contributed by atoms with van der Waals surface area (Å²) in [5, 5.41) is 5.59. The monoisotopic (exact) mass is 432 g/mol. The van der Waals surface area contributed by atoms with E-state index in [1.807, 2.05) is 54.5 Å². The molecular formula is C22H32N4O3S. The van der Waals surface area contributed by atoms with Crippen molar-refractivity contribution >= 4 is 35.2 Å². The maximum absolute atomic E-state index is 12.8. The number of hydrogen-bond acceptors (Lipinski definition) is 5. The molecule has 2 aliphatic rings. The Morgan fingerprint density at radius 3 is 2.37 bits per heavy atom. The smallest absolute Gasteiger partial charge is 0.243 e.